The van der Waals surface area contributed by atoms with E-state index in [0.29, 0.717) is 0 Å². The zero-order chi connectivity index (χ0) is 13.8. The molecule has 2 heterocycles. The Bertz CT molecular complexity index is 526. The smallest absolute Gasteiger partial charge is 0.0779 e. The molecule has 19 heavy (non-hydrogen) atoms. The highest BCUT2D eigenvalue weighted by Gasteiger charge is 2.19. The Morgan fingerprint density at radius 3 is 2.63 bits per heavy atom. The summed E-state index contributed by atoms with van der Waals surface area (Å²) in [7, 11) is 3.95. The summed E-state index contributed by atoms with van der Waals surface area (Å²) >= 11 is 0. The van der Waals surface area contributed by atoms with Crippen LogP contribution in [0.3, 0.4) is 0 Å². The average Bonchev–Trinajstić information content (AvgIpc) is 2.97. The van der Waals surface area contributed by atoms with E-state index in [-0.39, 0.29) is 6.04 Å². The molecule has 1 atom stereocenters. The van der Waals surface area contributed by atoms with Crippen LogP contribution in [0.5, 0.6) is 0 Å². The van der Waals surface area contributed by atoms with Crippen molar-refractivity contribution in [1.82, 2.24) is 24.9 Å². The molecule has 0 aromatic carbocycles. The van der Waals surface area contributed by atoms with Crippen molar-refractivity contribution in [2.24, 2.45) is 14.1 Å². The van der Waals surface area contributed by atoms with Gasteiger partial charge in [-0.2, -0.15) is 10.2 Å². The van der Waals surface area contributed by atoms with Crippen LogP contribution in [-0.4, -0.2) is 26.1 Å². The Labute approximate surface area is 114 Å². The van der Waals surface area contributed by atoms with Crippen LogP contribution in [0.15, 0.2) is 18.5 Å². The fourth-order valence-corrected chi connectivity index (χ4v) is 2.26. The normalized spacial score (nSPS) is 12.8. The molecule has 0 fully saturated rings. The monoisotopic (exact) mass is 261 g/mol. The summed E-state index contributed by atoms with van der Waals surface area (Å²) in [5.41, 5.74) is 3.50. The first-order valence-corrected chi connectivity index (χ1v) is 6.90. The SMILES string of the molecule is CCCNC(c1cnn(C)c1)c1cc(CC)nn1C. The van der Waals surface area contributed by atoms with Crippen molar-refractivity contribution in [2.45, 2.75) is 32.7 Å². The summed E-state index contributed by atoms with van der Waals surface area (Å²) in [4.78, 5) is 0. The van der Waals surface area contributed by atoms with Gasteiger partial charge >= 0.3 is 0 Å². The van der Waals surface area contributed by atoms with Gasteiger partial charge in [-0.05, 0) is 25.5 Å². The summed E-state index contributed by atoms with van der Waals surface area (Å²) in [6.45, 7) is 5.28. The van der Waals surface area contributed by atoms with Crippen LogP contribution < -0.4 is 5.32 Å². The van der Waals surface area contributed by atoms with Gasteiger partial charge in [0.1, 0.15) is 0 Å². The molecule has 0 spiro atoms. The van der Waals surface area contributed by atoms with Gasteiger partial charge in [-0.25, -0.2) is 0 Å². The quantitative estimate of drug-likeness (QED) is 0.862. The first kappa shape index (κ1) is 13.8. The van der Waals surface area contributed by atoms with E-state index >= 15 is 0 Å². The van der Waals surface area contributed by atoms with E-state index in [2.05, 4.69) is 41.6 Å². The lowest BCUT2D eigenvalue weighted by Gasteiger charge is -2.17. The summed E-state index contributed by atoms with van der Waals surface area (Å²) in [5.74, 6) is 0. The summed E-state index contributed by atoms with van der Waals surface area (Å²) in [5, 5.41) is 12.4. The van der Waals surface area contributed by atoms with Gasteiger partial charge in [0.15, 0.2) is 0 Å². The van der Waals surface area contributed by atoms with E-state index in [4.69, 9.17) is 0 Å². The minimum absolute atomic E-state index is 0.159. The first-order chi connectivity index (χ1) is 9.15. The Morgan fingerprint density at radius 1 is 1.32 bits per heavy atom. The molecule has 0 aliphatic heterocycles. The molecule has 5 heteroatoms. The van der Waals surface area contributed by atoms with Gasteiger partial charge in [0.05, 0.1) is 23.6 Å². The maximum absolute atomic E-state index is 4.54. The maximum atomic E-state index is 4.54. The van der Waals surface area contributed by atoms with Crippen LogP contribution in [0.4, 0.5) is 0 Å². The van der Waals surface area contributed by atoms with Gasteiger partial charge in [0.25, 0.3) is 0 Å². The van der Waals surface area contributed by atoms with Crippen LogP contribution in [0.25, 0.3) is 0 Å². The number of hydrogen-bond donors (Lipinski definition) is 1. The summed E-state index contributed by atoms with van der Waals surface area (Å²) < 4.78 is 3.81. The van der Waals surface area contributed by atoms with Gasteiger partial charge in [0.2, 0.25) is 0 Å². The lowest BCUT2D eigenvalue weighted by atomic mass is 10.1. The third-order valence-electron chi connectivity index (χ3n) is 3.28. The highest BCUT2D eigenvalue weighted by atomic mass is 15.3. The predicted molar refractivity (Wildman–Crippen MR) is 75.9 cm³/mol. The van der Waals surface area contributed by atoms with Gasteiger partial charge in [0, 0.05) is 25.9 Å². The van der Waals surface area contributed by atoms with Crippen molar-refractivity contribution in [3.8, 4) is 0 Å². The minimum Gasteiger partial charge on any atom is -0.305 e. The zero-order valence-electron chi connectivity index (χ0n) is 12.2. The third-order valence-corrected chi connectivity index (χ3v) is 3.28. The zero-order valence-corrected chi connectivity index (χ0v) is 12.2. The van der Waals surface area contributed by atoms with Gasteiger partial charge in [-0.15, -0.1) is 0 Å². The molecule has 0 radical (unpaired) electrons. The summed E-state index contributed by atoms with van der Waals surface area (Å²) in [6.07, 6.45) is 6.05. The lowest BCUT2D eigenvalue weighted by molar-refractivity contribution is 0.552. The standard InChI is InChI=1S/C14H23N5/c1-5-7-15-14(11-9-16-18(3)10-11)13-8-12(6-2)17-19(13)4/h8-10,14-15H,5-7H2,1-4H3. The molecule has 2 aromatic heterocycles. The number of aromatic nitrogens is 4. The highest BCUT2D eigenvalue weighted by molar-refractivity contribution is 5.25. The number of aryl methyl sites for hydroxylation is 3. The van der Waals surface area contributed by atoms with E-state index in [1.54, 1.807) is 0 Å². The maximum Gasteiger partial charge on any atom is 0.0779 e. The highest BCUT2D eigenvalue weighted by Crippen LogP contribution is 2.22. The van der Waals surface area contributed by atoms with Gasteiger partial charge in [-0.3, -0.25) is 9.36 Å². The largest absolute Gasteiger partial charge is 0.305 e. The number of hydrogen-bond acceptors (Lipinski definition) is 3. The molecule has 1 unspecified atom stereocenters. The Morgan fingerprint density at radius 2 is 2.11 bits per heavy atom. The molecule has 0 saturated carbocycles. The van der Waals surface area contributed by atoms with Crippen LogP contribution in [0.1, 0.15) is 43.3 Å². The second kappa shape index (κ2) is 6.02. The van der Waals surface area contributed by atoms with Gasteiger partial charge < -0.3 is 5.32 Å². The molecular weight excluding hydrogens is 238 g/mol. The second-order valence-electron chi connectivity index (χ2n) is 4.87. The van der Waals surface area contributed by atoms with E-state index < -0.39 is 0 Å². The Hall–Kier alpha value is -1.62. The fraction of sp³-hybridized carbons (Fsp3) is 0.571. The Balaban J connectivity index is 2.33. The van der Waals surface area contributed by atoms with Crippen LogP contribution in [0.2, 0.25) is 0 Å². The molecule has 2 aromatic rings. The van der Waals surface area contributed by atoms with E-state index in [0.717, 1.165) is 25.1 Å². The van der Waals surface area contributed by atoms with Crippen LogP contribution in [-0.2, 0) is 20.5 Å². The predicted octanol–water partition coefficient (Wildman–Crippen LogP) is 1.80. The van der Waals surface area contributed by atoms with Crippen molar-refractivity contribution in [2.75, 3.05) is 6.54 Å². The molecule has 2 rings (SSSR count). The van der Waals surface area contributed by atoms with Crippen LogP contribution in [0, 0.1) is 0 Å². The van der Waals surface area contributed by atoms with Crippen molar-refractivity contribution in [1.29, 1.82) is 0 Å². The number of nitrogens with one attached hydrogen (secondary N) is 1. The molecule has 0 amide bonds. The second-order valence-corrected chi connectivity index (χ2v) is 4.87. The topological polar surface area (TPSA) is 47.7 Å². The fourth-order valence-electron chi connectivity index (χ4n) is 2.26. The van der Waals surface area contributed by atoms with Crippen molar-refractivity contribution in [3.05, 3.63) is 35.4 Å². The first-order valence-electron chi connectivity index (χ1n) is 6.90. The van der Waals surface area contributed by atoms with Crippen molar-refractivity contribution in [3.63, 3.8) is 0 Å². The molecule has 1 N–H and O–H groups in total. The van der Waals surface area contributed by atoms with E-state index in [1.165, 1.54) is 11.3 Å². The molecule has 104 valence electrons. The molecule has 0 bridgehead atoms. The average molecular weight is 261 g/mol. The van der Waals surface area contributed by atoms with Crippen LogP contribution >= 0.6 is 0 Å². The van der Waals surface area contributed by atoms with Crippen molar-refractivity contribution < 1.29 is 0 Å². The van der Waals surface area contributed by atoms with E-state index in [9.17, 15) is 0 Å². The molecular formula is C14H23N5. The third kappa shape index (κ3) is 3.04. The van der Waals surface area contributed by atoms with E-state index in [1.807, 2.05) is 29.7 Å². The number of rotatable bonds is 6. The number of nitrogens with zero attached hydrogens (tertiary/aromatic N) is 4. The van der Waals surface area contributed by atoms with Crippen molar-refractivity contribution >= 4 is 0 Å². The molecule has 0 saturated heterocycles. The minimum atomic E-state index is 0.159. The Kier molecular flexibility index (Phi) is 4.37. The summed E-state index contributed by atoms with van der Waals surface area (Å²) in [6, 6.07) is 2.34. The van der Waals surface area contributed by atoms with Gasteiger partial charge in [-0.1, -0.05) is 13.8 Å². The molecule has 0 aliphatic carbocycles. The molecule has 0 aliphatic rings. The lowest BCUT2D eigenvalue weighted by Crippen LogP contribution is -2.25. The molecule has 5 nitrogen and oxygen atoms in total.